The fourth-order valence-corrected chi connectivity index (χ4v) is 3.39. The molecule has 168 valence electrons. The number of ketones is 1. The Morgan fingerprint density at radius 3 is 1.97 bits per heavy atom. The Kier molecular flexibility index (Phi) is 6.94. The monoisotopic (exact) mass is 450 g/mol. The van der Waals surface area contributed by atoms with Crippen LogP contribution in [0.5, 0.6) is 5.75 Å². The number of hydrogen-bond donors (Lipinski definition) is 0. The Hall–Kier alpha value is -4.51. The first-order valence-electron chi connectivity index (χ1n) is 10.7. The molecule has 0 amide bonds. The summed E-state index contributed by atoms with van der Waals surface area (Å²) in [7, 11) is 0. The van der Waals surface area contributed by atoms with E-state index >= 15 is 0 Å². The highest BCUT2D eigenvalue weighted by Crippen LogP contribution is 2.24. The van der Waals surface area contributed by atoms with Crippen LogP contribution in [-0.4, -0.2) is 24.3 Å². The minimum atomic E-state index is -0.573. The summed E-state index contributed by atoms with van der Waals surface area (Å²) < 4.78 is 10.6. The van der Waals surface area contributed by atoms with Crippen molar-refractivity contribution in [3.63, 3.8) is 0 Å². The van der Waals surface area contributed by atoms with Gasteiger partial charge in [-0.2, -0.15) is 0 Å². The number of esters is 2. The predicted octanol–water partition coefficient (Wildman–Crippen LogP) is 5.92. The first kappa shape index (κ1) is 22.7. The van der Waals surface area contributed by atoms with Crippen LogP contribution in [0.15, 0.2) is 103 Å². The maximum Gasteiger partial charge on any atom is 0.343 e. The fourth-order valence-electron chi connectivity index (χ4n) is 3.39. The number of rotatable bonds is 7. The van der Waals surface area contributed by atoms with Crippen molar-refractivity contribution >= 4 is 17.7 Å². The second kappa shape index (κ2) is 10.4. The van der Waals surface area contributed by atoms with Crippen LogP contribution in [0, 0.1) is 6.92 Å². The second-order valence-corrected chi connectivity index (χ2v) is 7.69. The van der Waals surface area contributed by atoms with Crippen molar-refractivity contribution in [3.8, 4) is 16.9 Å². The Labute approximate surface area is 197 Å². The van der Waals surface area contributed by atoms with Crippen molar-refractivity contribution in [3.05, 3.63) is 125 Å². The molecule has 0 spiro atoms. The van der Waals surface area contributed by atoms with Crippen LogP contribution < -0.4 is 4.74 Å². The smallest absolute Gasteiger partial charge is 0.343 e. The molecule has 4 rings (SSSR count). The maximum atomic E-state index is 12.7. The van der Waals surface area contributed by atoms with Gasteiger partial charge in [0.2, 0.25) is 0 Å². The van der Waals surface area contributed by atoms with Crippen LogP contribution in [-0.2, 0) is 4.74 Å². The van der Waals surface area contributed by atoms with E-state index in [2.05, 4.69) is 0 Å². The second-order valence-electron chi connectivity index (χ2n) is 7.69. The van der Waals surface area contributed by atoms with Gasteiger partial charge in [-0.25, -0.2) is 9.59 Å². The summed E-state index contributed by atoms with van der Waals surface area (Å²) in [5.74, 6) is -1.10. The molecular weight excluding hydrogens is 428 g/mol. The Bertz CT molecular complexity index is 1310. The van der Waals surface area contributed by atoms with Gasteiger partial charge in [-0.1, -0.05) is 66.2 Å². The summed E-state index contributed by atoms with van der Waals surface area (Å²) in [6.45, 7) is 1.54. The van der Waals surface area contributed by atoms with Gasteiger partial charge in [-0.15, -0.1) is 0 Å². The van der Waals surface area contributed by atoms with Crippen molar-refractivity contribution in [2.75, 3.05) is 6.61 Å². The number of Topliss-reactive ketones (excluding diaryl/α,β-unsaturated/α-hetero) is 1. The van der Waals surface area contributed by atoms with Gasteiger partial charge in [-0.3, -0.25) is 4.79 Å². The van der Waals surface area contributed by atoms with E-state index in [0.717, 1.165) is 16.7 Å². The van der Waals surface area contributed by atoms with Crippen molar-refractivity contribution in [1.82, 2.24) is 0 Å². The first-order valence-corrected chi connectivity index (χ1v) is 10.7. The van der Waals surface area contributed by atoms with Crippen LogP contribution >= 0.6 is 0 Å². The standard InChI is InChI=1S/C29H22O5/c1-20-11-13-23(14-12-20)28(31)34-24-17-15-22(16-18-24)27(30)19-33-29(32)26-10-6-5-9-25(26)21-7-3-2-4-8-21/h2-18H,19H2,1H3. The van der Waals surface area contributed by atoms with Gasteiger partial charge in [0.25, 0.3) is 0 Å². The van der Waals surface area contributed by atoms with Crippen molar-refractivity contribution < 1.29 is 23.9 Å². The van der Waals surface area contributed by atoms with Crippen LogP contribution in [0.3, 0.4) is 0 Å². The summed E-state index contributed by atoms with van der Waals surface area (Å²) in [6, 6.07) is 29.8. The molecule has 0 heterocycles. The van der Waals surface area contributed by atoms with Crippen LogP contribution in [0.2, 0.25) is 0 Å². The average Bonchev–Trinajstić information content (AvgIpc) is 2.88. The first-order chi connectivity index (χ1) is 16.5. The number of benzene rings is 4. The molecule has 34 heavy (non-hydrogen) atoms. The highest BCUT2D eigenvalue weighted by Gasteiger charge is 2.16. The molecule has 0 aromatic heterocycles. The van der Waals surface area contributed by atoms with Gasteiger partial charge >= 0.3 is 11.9 Å². The topological polar surface area (TPSA) is 69.7 Å². The maximum absolute atomic E-state index is 12.7. The molecule has 0 N–H and O–H groups in total. The van der Waals surface area contributed by atoms with Gasteiger partial charge in [-0.05, 0) is 60.5 Å². The number of carbonyl (C=O) groups excluding carboxylic acids is 3. The third-order valence-electron chi connectivity index (χ3n) is 5.24. The molecule has 0 atom stereocenters. The summed E-state index contributed by atoms with van der Waals surface area (Å²) in [5.41, 5.74) is 3.84. The number of aryl methyl sites for hydroxylation is 1. The van der Waals surface area contributed by atoms with E-state index in [1.807, 2.05) is 61.5 Å². The molecule has 4 aromatic carbocycles. The highest BCUT2D eigenvalue weighted by molar-refractivity contribution is 6.01. The van der Waals surface area contributed by atoms with E-state index in [9.17, 15) is 14.4 Å². The summed E-state index contributed by atoms with van der Waals surface area (Å²) in [4.78, 5) is 37.5. The van der Waals surface area contributed by atoms with Gasteiger partial charge < -0.3 is 9.47 Å². The van der Waals surface area contributed by atoms with Crippen LogP contribution in [0.4, 0.5) is 0 Å². The fraction of sp³-hybridized carbons (Fsp3) is 0.0690. The normalized spacial score (nSPS) is 10.4. The van der Waals surface area contributed by atoms with Crippen molar-refractivity contribution in [2.45, 2.75) is 6.92 Å². The Morgan fingerprint density at radius 2 is 1.26 bits per heavy atom. The summed E-state index contributed by atoms with van der Waals surface area (Å²) >= 11 is 0. The molecule has 0 radical (unpaired) electrons. The van der Waals surface area contributed by atoms with Gasteiger partial charge in [0.15, 0.2) is 12.4 Å². The molecule has 0 aliphatic rings. The molecule has 0 bridgehead atoms. The molecule has 0 fully saturated rings. The van der Waals surface area contributed by atoms with Gasteiger partial charge in [0, 0.05) is 5.56 Å². The van der Waals surface area contributed by atoms with Crippen LogP contribution in [0.25, 0.3) is 11.1 Å². The lowest BCUT2D eigenvalue weighted by molar-refractivity contribution is 0.0475. The lowest BCUT2D eigenvalue weighted by Crippen LogP contribution is -2.15. The molecule has 0 saturated carbocycles. The van der Waals surface area contributed by atoms with Crippen LogP contribution in [0.1, 0.15) is 36.6 Å². The largest absolute Gasteiger partial charge is 0.454 e. The van der Waals surface area contributed by atoms with Gasteiger partial charge in [0.05, 0.1) is 11.1 Å². The van der Waals surface area contributed by atoms with Crippen molar-refractivity contribution in [2.24, 2.45) is 0 Å². The van der Waals surface area contributed by atoms with E-state index in [0.29, 0.717) is 22.4 Å². The minimum absolute atomic E-state index is 0.316. The van der Waals surface area contributed by atoms with Crippen molar-refractivity contribution in [1.29, 1.82) is 0 Å². The van der Waals surface area contributed by atoms with E-state index in [-0.39, 0.29) is 5.78 Å². The van der Waals surface area contributed by atoms with E-state index in [1.165, 1.54) is 24.3 Å². The molecule has 4 aromatic rings. The predicted molar refractivity (Wildman–Crippen MR) is 129 cm³/mol. The molecule has 0 aliphatic carbocycles. The molecule has 0 aliphatic heterocycles. The zero-order valence-corrected chi connectivity index (χ0v) is 18.6. The highest BCUT2D eigenvalue weighted by atomic mass is 16.5. The summed E-state index contributed by atoms with van der Waals surface area (Å²) in [6.07, 6.45) is 0. The number of carbonyl (C=O) groups is 3. The third-order valence-corrected chi connectivity index (χ3v) is 5.24. The van der Waals surface area contributed by atoms with Gasteiger partial charge in [0.1, 0.15) is 5.75 Å². The van der Waals surface area contributed by atoms with E-state index in [1.54, 1.807) is 24.3 Å². The Balaban J connectivity index is 1.37. The molecule has 5 heteroatoms. The molecular formula is C29H22O5. The minimum Gasteiger partial charge on any atom is -0.454 e. The lowest BCUT2D eigenvalue weighted by atomic mass is 10.00. The third kappa shape index (κ3) is 5.45. The molecule has 5 nitrogen and oxygen atoms in total. The molecule has 0 unspecified atom stereocenters. The SMILES string of the molecule is Cc1ccc(C(=O)Oc2ccc(C(=O)COC(=O)c3ccccc3-c3ccccc3)cc2)cc1. The summed E-state index contributed by atoms with van der Waals surface area (Å²) in [5, 5.41) is 0. The zero-order valence-electron chi connectivity index (χ0n) is 18.6. The van der Waals surface area contributed by atoms with E-state index in [4.69, 9.17) is 9.47 Å². The zero-order chi connectivity index (χ0) is 23.9. The quantitative estimate of drug-likeness (QED) is 0.199. The molecule has 0 saturated heterocycles. The average molecular weight is 450 g/mol. The Morgan fingerprint density at radius 1 is 0.647 bits per heavy atom. The van der Waals surface area contributed by atoms with E-state index < -0.39 is 18.5 Å². The lowest BCUT2D eigenvalue weighted by Gasteiger charge is -2.10. The number of ether oxygens (including phenoxy) is 2. The number of hydrogen-bond acceptors (Lipinski definition) is 5.